The van der Waals surface area contributed by atoms with E-state index in [1.165, 1.54) is 5.56 Å². The van der Waals surface area contributed by atoms with E-state index in [1.807, 2.05) is 32.0 Å². The van der Waals surface area contributed by atoms with Crippen LogP contribution in [0.1, 0.15) is 21.8 Å². The first kappa shape index (κ1) is 15.8. The second-order valence-electron chi connectivity index (χ2n) is 5.06. The van der Waals surface area contributed by atoms with Crippen LogP contribution < -0.4 is 5.56 Å². The highest BCUT2D eigenvalue weighted by Crippen LogP contribution is 2.27. The van der Waals surface area contributed by atoms with Gasteiger partial charge in [-0.2, -0.15) is 0 Å². The molecule has 0 spiro atoms. The monoisotopic (exact) mass is 394 g/mol. The third-order valence-corrected chi connectivity index (χ3v) is 6.41. The first-order valence-corrected chi connectivity index (χ1v) is 9.62. The summed E-state index contributed by atoms with van der Waals surface area (Å²) >= 11 is 6.89. The number of H-pyrrole nitrogens is 1. The van der Waals surface area contributed by atoms with Crippen molar-refractivity contribution in [3.63, 3.8) is 0 Å². The molecule has 0 radical (unpaired) electrons. The van der Waals surface area contributed by atoms with Gasteiger partial charge in [-0.3, -0.25) is 4.79 Å². The van der Waals surface area contributed by atoms with Crippen molar-refractivity contribution in [2.45, 2.75) is 25.4 Å². The molecule has 0 unspecified atom stereocenters. The standard InChI is InChI=1S/C16H15BrN2OS2/c1-9-10(2)22-16-14(9)15(20)18-13(19-16)8-21-7-11-5-3-4-6-12(11)17/h3-6H,7-8H2,1-2H3,(H,18,19,20). The minimum absolute atomic E-state index is 0.0247. The Labute approximate surface area is 145 Å². The molecule has 114 valence electrons. The summed E-state index contributed by atoms with van der Waals surface area (Å²) in [5, 5.41) is 0.738. The number of hydrogen-bond acceptors (Lipinski definition) is 4. The summed E-state index contributed by atoms with van der Waals surface area (Å²) in [7, 11) is 0. The molecule has 0 saturated carbocycles. The number of aromatic nitrogens is 2. The summed E-state index contributed by atoms with van der Waals surface area (Å²) in [5.41, 5.74) is 2.27. The maximum Gasteiger partial charge on any atom is 0.259 e. The van der Waals surface area contributed by atoms with E-state index in [1.54, 1.807) is 23.1 Å². The van der Waals surface area contributed by atoms with Crippen molar-refractivity contribution in [3.05, 3.63) is 60.9 Å². The second kappa shape index (κ2) is 6.56. The summed E-state index contributed by atoms with van der Waals surface area (Å²) in [5.74, 6) is 2.32. The van der Waals surface area contributed by atoms with Crippen molar-refractivity contribution in [3.8, 4) is 0 Å². The minimum atomic E-state index is -0.0247. The normalized spacial score (nSPS) is 11.2. The van der Waals surface area contributed by atoms with Gasteiger partial charge in [0.15, 0.2) is 0 Å². The predicted molar refractivity (Wildman–Crippen MR) is 98.9 cm³/mol. The molecule has 0 amide bonds. The van der Waals surface area contributed by atoms with Gasteiger partial charge < -0.3 is 4.98 Å². The van der Waals surface area contributed by atoms with E-state index in [0.29, 0.717) is 5.75 Å². The number of thioether (sulfide) groups is 1. The molecule has 0 atom stereocenters. The zero-order valence-electron chi connectivity index (χ0n) is 12.3. The molecule has 22 heavy (non-hydrogen) atoms. The molecule has 3 rings (SSSR count). The second-order valence-corrected chi connectivity index (χ2v) is 8.10. The number of thiophene rings is 1. The molecular formula is C16H15BrN2OS2. The van der Waals surface area contributed by atoms with E-state index in [-0.39, 0.29) is 5.56 Å². The van der Waals surface area contributed by atoms with Gasteiger partial charge in [-0.15, -0.1) is 23.1 Å². The fourth-order valence-corrected chi connectivity index (χ4v) is 4.80. The Morgan fingerprint density at radius 2 is 2.05 bits per heavy atom. The van der Waals surface area contributed by atoms with Crippen molar-refractivity contribution >= 4 is 49.2 Å². The van der Waals surface area contributed by atoms with Crippen molar-refractivity contribution < 1.29 is 0 Å². The molecule has 0 aliphatic heterocycles. The van der Waals surface area contributed by atoms with E-state index in [0.717, 1.165) is 36.7 Å². The summed E-state index contributed by atoms with van der Waals surface area (Å²) in [6.07, 6.45) is 0. The Balaban J connectivity index is 1.77. The number of fused-ring (bicyclic) bond motifs is 1. The molecule has 1 aromatic carbocycles. The number of rotatable bonds is 4. The number of halogens is 1. The summed E-state index contributed by atoms with van der Waals surface area (Å²) in [4.78, 5) is 21.7. The van der Waals surface area contributed by atoms with E-state index in [4.69, 9.17) is 0 Å². The lowest BCUT2D eigenvalue weighted by Crippen LogP contribution is -2.10. The third-order valence-electron chi connectivity index (χ3n) is 3.54. The first-order valence-electron chi connectivity index (χ1n) is 6.86. The van der Waals surface area contributed by atoms with Crippen LogP contribution in [0.5, 0.6) is 0 Å². The zero-order chi connectivity index (χ0) is 15.7. The molecule has 0 fully saturated rings. The number of aryl methyl sites for hydroxylation is 2. The highest BCUT2D eigenvalue weighted by Gasteiger charge is 2.11. The third kappa shape index (κ3) is 3.14. The SMILES string of the molecule is Cc1sc2nc(CSCc3ccccc3Br)[nH]c(=O)c2c1C. The molecule has 2 aromatic heterocycles. The minimum Gasteiger partial charge on any atom is -0.309 e. The maximum absolute atomic E-state index is 12.2. The van der Waals surface area contributed by atoms with Gasteiger partial charge in [-0.05, 0) is 31.0 Å². The molecule has 0 aliphatic rings. The Morgan fingerprint density at radius 3 is 2.82 bits per heavy atom. The van der Waals surface area contributed by atoms with Gasteiger partial charge in [-0.1, -0.05) is 34.1 Å². The van der Waals surface area contributed by atoms with Crippen LogP contribution in [0.3, 0.4) is 0 Å². The first-order chi connectivity index (χ1) is 10.6. The highest BCUT2D eigenvalue weighted by atomic mass is 79.9. The van der Waals surface area contributed by atoms with Crippen LogP contribution in [0.15, 0.2) is 33.5 Å². The van der Waals surface area contributed by atoms with Crippen molar-refractivity contribution in [1.82, 2.24) is 9.97 Å². The number of aromatic amines is 1. The molecule has 3 aromatic rings. The lowest BCUT2D eigenvalue weighted by atomic mass is 10.2. The van der Waals surface area contributed by atoms with Crippen LogP contribution in [-0.2, 0) is 11.5 Å². The predicted octanol–water partition coefficient (Wildman–Crippen LogP) is 4.80. The maximum atomic E-state index is 12.2. The van der Waals surface area contributed by atoms with Crippen molar-refractivity contribution in [1.29, 1.82) is 0 Å². The van der Waals surface area contributed by atoms with Gasteiger partial charge >= 0.3 is 0 Å². The largest absolute Gasteiger partial charge is 0.309 e. The van der Waals surface area contributed by atoms with E-state index in [9.17, 15) is 4.79 Å². The molecule has 2 heterocycles. The Bertz CT molecular complexity index is 885. The van der Waals surface area contributed by atoms with Crippen LogP contribution in [0.25, 0.3) is 10.2 Å². The van der Waals surface area contributed by atoms with Crippen LogP contribution in [0, 0.1) is 13.8 Å². The van der Waals surface area contributed by atoms with Gasteiger partial charge in [0.25, 0.3) is 5.56 Å². The lowest BCUT2D eigenvalue weighted by molar-refractivity contribution is 1.04. The topological polar surface area (TPSA) is 45.8 Å². The van der Waals surface area contributed by atoms with E-state index >= 15 is 0 Å². The van der Waals surface area contributed by atoms with Crippen molar-refractivity contribution in [2.24, 2.45) is 0 Å². The number of nitrogens with zero attached hydrogens (tertiary/aromatic N) is 1. The smallest absolute Gasteiger partial charge is 0.259 e. The Morgan fingerprint density at radius 1 is 1.27 bits per heavy atom. The molecule has 0 bridgehead atoms. The number of nitrogens with one attached hydrogen (secondary N) is 1. The van der Waals surface area contributed by atoms with E-state index in [2.05, 4.69) is 32.0 Å². The quantitative estimate of drug-likeness (QED) is 0.691. The molecule has 1 N–H and O–H groups in total. The van der Waals surface area contributed by atoms with Crippen molar-refractivity contribution in [2.75, 3.05) is 0 Å². The van der Waals surface area contributed by atoms with Gasteiger partial charge in [0.05, 0.1) is 11.1 Å². The molecule has 6 heteroatoms. The van der Waals surface area contributed by atoms with Crippen LogP contribution in [0.4, 0.5) is 0 Å². The molecule has 0 saturated heterocycles. The molecule has 3 nitrogen and oxygen atoms in total. The van der Waals surface area contributed by atoms with Gasteiger partial charge in [0.1, 0.15) is 10.7 Å². The summed E-state index contributed by atoms with van der Waals surface area (Å²) in [6, 6.07) is 8.18. The summed E-state index contributed by atoms with van der Waals surface area (Å²) in [6.45, 7) is 4.01. The Kier molecular flexibility index (Phi) is 4.70. The lowest BCUT2D eigenvalue weighted by Gasteiger charge is -2.04. The van der Waals surface area contributed by atoms with Crippen LogP contribution >= 0.6 is 39.0 Å². The molecular weight excluding hydrogens is 380 g/mol. The van der Waals surface area contributed by atoms with Crippen LogP contribution in [-0.4, -0.2) is 9.97 Å². The van der Waals surface area contributed by atoms with Crippen LogP contribution in [0.2, 0.25) is 0 Å². The average Bonchev–Trinajstić information content (AvgIpc) is 2.76. The fourth-order valence-electron chi connectivity index (χ4n) is 2.24. The summed E-state index contributed by atoms with van der Waals surface area (Å²) < 4.78 is 1.11. The molecule has 0 aliphatic carbocycles. The zero-order valence-corrected chi connectivity index (χ0v) is 15.5. The highest BCUT2D eigenvalue weighted by molar-refractivity contribution is 9.10. The van der Waals surface area contributed by atoms with Gasteiger partial charge in [0, 0.05) is 15.1 Å². The van der Waals surface area contributed by atoms with Gasteiger partial charge in [0.2, 0.25) is 0 Å². The Hall–Kier alpha value is -1.11. The van der Waals surface area contributed by atoms with E-state index < -0.39 is 0 Å². The fraction of sp³-hybridized carbons (Fsp3) is 0.250. The average molecular weight is 395 g/mol. The number of benzene rings is 1. The van der Waals surface area contributed by atoms with Gasteiger partial charge in [-0.25, -0.2) is 4.98 Å². The number of hydrogen-bond donors (Lipinski definition) is 1.